The van der Waals surface area contributed by atoms with Gasteiger partial charge in [0, 0.05) is 18.2 Å². The number of ether oxygens (including phenoxy) is 2. The minimum absolute atomic E-state index is 0.0345. The van der Waals surface area contributed by atoms with Crippen LogP contribution in [0.15, 0.2) is 77.7 Å². The molecule has 1 aliphatic heterocycles. The Morgan fingerprint density at radius 1 is 1.05 bits per heavy atom. The zero-order chi connectivity index (χ0) is 27.8. The summed E-state index contributed by atoms with van der Waals surface area (Å²) in [5.41, 5.74) is 0.715. The van der Waals surface area contributed by atoms with E-state index in [0.717, 1.165) is 17.1 Å². The van der Waals surface area contributed by atoms with Crippen molar-refractivity contribution in [1.82, 2.24) is 5.32 Å². The summed E-state index contributed by atoms with van der Waals surface area (Å²) in [4.78, 5) is 26.2. The molecule has 1 fully saturated rings. The number of carbonyl (C=O) groups is 2. The number of nitrogens with one attached hydrogen (secondary N) is 2. The highest BCUT2D eigenvalue weighted by Gasteiger charge is 2.30. The van der Waals surface area contributed by atoms with Gasteiger partial charge in [-0.2, -0.15) is 0 Å². The number of sulfonamides is 1. The molecule has 4 rings (SSSR count). The summed E-state index contributed by atoms with van der Waals surface area (Å²) in [7, 11) is -4.20. The lowest BCUT2D eigenvalue weighted by molar-refractivity contribution is -0.114. The van der Waals surface area contributed by atoms with E-state index >= 15 is 0 Å². The number of benzene rings is 3. The highest BCUT2D eigenvalue weighted by atomic mass is 35.5. The Morgan fingerprint density at radius 3 is 2.49 bits per heavy atom. The number of nitrogens with zero attached hydrogens (tertiary/aromatic N) is 1. The SMILES string of the molecule is CCOc1ccccc1N(CC(=O)Nc1ccccc1C(=O)NC[C@H]1CCCO1)S(=O)(=O)c1ccc(Cl)cc1. The summed E-state index contributed by atoms with van der Waals surface area (Å²) >= 11 is 5.97. The van der Waals surface area contributed by atoms with E-state index in [9.17, 15) is 18.0 Å². The van der Waals surface area contributed by atoms with Crippen LogP contribution in [0.5, 0.6) is 5.75 Å². The van der Waals surface area contributed by atoms with E-state index < -0.39 is 22.5 Å². The summed E-state index contributed by atoms with van der Waals surface area (Å²) < 4.78 is 39.7. The molecule has 0 aromatic heterocycles. The maximum atomic E-state index is 13.7. The van der Waals surface area contributed by atoms with Gasteiger partial charge in [-0.1, -0.05) is 35.9 Å². The van der Waals surface area contributed by atoms with Gasteiger partial charge in [0.15, 0.2) is 0 Å². The van der Waals surface area contributed by atoms with Gasteiger partial charge < -0.3 is 20.1 Å². The van der Waals surface area contributed by atoms with Gasteiger partial charge in [0.1, 0.15) is 12.3 Å². The van der Waals surface area contributed by atoms with Crippen molar-refractivity contribution in [3.63, 3.8) is 0 Å². The quantitative estimate of drug-likeness (QED) is 0.351. The molecule has 206 valence electrons. The minimum Gasteiger partial charge on any atom is -0.492 e. The van der Waals surface area contributed by atoms with Crippen molar-refractivity contribution in [1.29, 1.82) is 0 Å². The molecule has 39 heavy (non-hydrogen) atoms. The normalized spacial score (nSPS) is 15.0. The van der Waals surface area contributed by atoms with E-state index in [1.165, 1.54) is 24.3 Å². The first-order valence-corrected chi connectivity index (χ1v) is 14.4. The standard InChI is InChI=1S/C28H30ClN3O6S/c1-2-37-26-12-6-5-11-25(26)32(39(35,36)22-15-13-20(29)14-16-22)19-27(33)31-24-10-4-3-9-23(24)28(34)30-18-21-8-7-17-38-21/h3-6,9-16,21H,2,7-8,17-19H2,1H3,(H,30,34)(H,31,33)/t21-/m1/s1. The van der Waals surface area contributed by atoms with Gasteiger partial charge in [-0.15, -0.1) is 0 Å². The van der Waals surface area contributed by atoms with Crippen molar-refractivity contribution in [2.24, 2.45) is 0 Å². The molecule has 2 amide bonds. The van der Waals surface area contributed by atoms with Crippen molar-refractivity contribution < 1.29 is 27.5 Å². The van der Waals surface area contributed by atoms with Crippen LogP contribution in [0.4, 0.5) is 11.4 Å². The highest BCUT2D eigenvalue weighted by molar-refractivity contribution is 7.92. The average Bonchev–Trinajstić information content (AvgIpc) is 3.45. The Balaban J connectivity index is 1.59. The van der Waals surface area contributed by atoms with Gasteiger partial charge in [0.05, 0.1) is 34.5 Å². The molecule has 0 bridgehead atoms. The van der Waals surface area contributed by atoms with Crippen LogP contribution >= 0.6 is 11.6 Å². The summed E-state index contributed by atoms with van der Waals surface area (Å²) in [5.74, 6) is -0.703. The molecule has 1 aliphatic rings. The Labute approximate surface area is 233 Å². The molecule has 3 aromatic carbocycles. The van der Waals surface area contributed by atoms with Crippen molar-refractivity contribution >= 4 is 44.8 Å². The Morgan fingerprint density at radius 2 is 1.77 bits per heavy atom. The van der Waals surface area contributed by atoms with Crippen LogP contribution in [0.25, 0.3) is 0 Å². The van der Waals surface area contributed by atoms with E-state index in [1.54, 1.807) is 55.5 Å². The number of anilines is 2. The number of halogens is 1. The van der Waals surface area contributed by atoms with Gasteiger partial charge in [-0.25, -0.2) is 8.42 Å². The summed E-state index contributed by atoms with van der Waals surface area (Å²) in [5, 5.41) is 5.93. The van der Waals surface area contributed by atoms with Gasteiger partial charge >= 0.3 is 0 Å². The van der Waals surface area contributed by atoms with Crippen LogP contribution < -0.4 is 19.7 Å². The third-order valence-corrected chi connectivity index (χ3v) is 8.11. The van der Waals surface area contributed by atoms with E-state index in [4.69, 9.17) is 21.1 Å². The van der Waals surface area contributed by atoms with E-state index in [-0.39, 0.29) is 33.8 Å². The van der Waals surface area contributed by atoms with Crippen LogP contribution in [-0.4, -0.2) is 52.6 Å². The Hall–Kier alpha value is -3.60. The first-order chi connectivity index (χ1) is 18.8. The van der Waals surface area contributed by atoms with Crippen LogP contribution in [0.2, 0.25) is 5.02 Å². The number of carbonyl (C=O) groups excluding carboxylic acids is 2. The molecule has 0 radical (unpaired) electrons. The summed E-state index contributed by atoms with van der Waals surface area (Å²) in [6, 6.07) is 18.8. The van der Waals surface area contributed by atoms with Crippen molar-refractivity contribution in [3.8, 4) is 5.75 Å². The predicted molar refractivity (Wildman–Crippen MR) is 150 cm³/mol. The van der Waals surface area contributed by atoms with E-state index in [1.807, 2.05) is 0 Å². The number of para-hydroxylation sites is 3. The molecule has 3 aromatic rings. The van der Waals surface area contributed by atoms with E-state index in [0.29, 0.717) is 30.5 Å². The Bertz CT molecular complexity index is 1410. The minimum atomic E-state index is -4.20. The first-order valence-electron chi connectivity index (χ1n) is 12.6. The molecule has 11 heteroatoms. The largest absolute Gasteiger partial charge is 0.492 e. The molecule has 0 spiro atoms. The van der Waals surface area contributed by atoms with Crippen molar-refractivity contribution in [2.45, 2.75) is 30.8 Å². The lowest BCUT2D eigenvalue weighted by Crippen LogP contribution is -2.39. The topological polar surface area (TPSA) is 114 Å². The molecule has 1 saturated heterocycles. The second kappa shape index (κ2) is 13.0. The maximum Gasteiger partial charge on any atom is 0.264 e. The smallest absolute Gasteiger partial charge is 0.264 e. The van der Waals surface area contributed by atoms with Crippen molar-refractivity contribution in [2.75, 3.05) is 35.9 Å². The van der Waals surface area contributed by atoms with Crippen LogP contribution in [-0.2, 0) is 19.6 Å². The second-order valence-electron chi connectivity index (χ2n) is 8.81. The fourth-order valence-corrected chi connectivity index (χ4v) is 5.75. The average molecular weight is 572 g/mol. The highest BCUT2D eigenvalue weighted by Crippen LogP contribution is 2.33. The van der Waals surface area contributed by atoms with Crippen molar-refractivity contribution in [3.05, 3.63) is 83.4 Å². The zero-order valence-electron chi connectivity index (χ0n) is 21.4. The summed E-state index contributed by atoms with van der Waals surface area (Å²) in [6.45, 7) is 2.55. The summed E-state index contributed by atoms with van der Waals surface area (Å²) in [6.07, 6.45) is 1.79. The molecule has 1 atom stereocenters. The number of amides is 2. The fourth-order valence-electron chi connectivity index (χ4n) is 4.19. The maximum absolute atomic E-state index is 13.7. The van der Waals surface area contributed by atoms with Gasteiger partial charge in [-0.3, -0.25) is 13.9 Å². The molecule has 0 aliphatic carbocycles. The molecular formula is C28H30ClN3O6S. The van der Waals surface area contributed by atoms with Gasteiger partial charge in [0.2, 0.25) is 5.91 Å². The Kier molecular flexibility index (Phi) is 9.45. The van der Waals surface area contributed by atoms with Gasteiger partial charge in [-0.05, 0) is 68.3 Å². The molecular weight excluding hydrogens is 542 g/mol. The molecule has 0 unspecified atom stereocenters. The number of rotatable bonds is 11. The van der Waals surface area contributed by atoms with Crippen LogP contribution in [0, 0.1) is 0 Å². The monoisotopic (exact) mass is 571 g/mol. The molecule has 9 nitrogen and oxygen atoms in total. The number of hydrogen-bond donors (Lipinski definition) is 2. The third kappa shape index (κ3) is 7.08. The predicted octanol–water partition coefficient (Wildman–Crippen LogP) is 4.48. The fraction of sp³-hybridized carbons (Fsp3) is 0.286. The van der Waals surface area contributed by atoms with Crippen LogP contribution in [0.1, 0.15) is 30.1 Å². The van der Waals surface area contributed by atoms with Crippen LogP contribution in [0.3, 0.4) is 0 Å². The zero-order valence-corrected chi connectivity index (χ0v) is 23.0. The van der Waals surface area contributed by atoms with Gasteiger partial charge in [0.25, 0.3) is 15.9 Å². The lowest BCUT2D eigenvalue weighted by atomic mass is 10.1. The second-order valence-corrected chi connectivity index (χ2v) is 11.1. The lowest BCUT2D eigenvalue weighted by Gasteiger charge is -2.26. The number of hydrogen-bond acceptors (Lipinski definition) is 6. The molecule has 0 saturated carbocycles. The molecule has 2 N–H and O–H groups in total. The van der Waals surface area contributed by atoms with E-state index in [2.05, 4.69) is 10.6 Å². The first kappa shape index (κ1) is 28.4. The third-order valence-electron chi connectivity index (χ3n) is 6.08. The molecule has 1 heterocycles.